The number of amidine groups is 1. The molecule has 8 rings (SSSR count). The molecule has 3 aliphatic heterocycles. The third-order valence-corrected chi connectivity index (χ3v) is 8.11. The van der Waals surface area contributed by atoms with Gasteiger partial charge in [-0.3, -0.25) is 24.6 Å². The van der Waals surface area contributed by atoms with Crippen LogP contribution in [0.1, 0.15) is 48.7 Å². The average molecular weight is 886 g/mol. The molecular formula is C40H44Cl2K2N6O8. The molecule has 0 saturated carbocycles. The second kappa shape index (κ2) is 29.6. The number of imidazole rings is 1. The Labute approximate surface area is 434 Å². The number of alkyl halides is 1. The summed E-state index contributed by atoms with van der Waals surface area (Å²) in [6.07, 6.45) is 4.00. The second-order valence-corrected chi connectivity index (χ2v) is 12.0. The van der Waals surface area contributed by atoms with Crippen LogP contribution >= 0.6 is 24.0 Å². The number of aliphatic hydroxyl groups excluding tert-OH is 1. The quantitative estimate of drug-likeness (QED) is 0.0188. The first kappa shape index (κ1) is 55.4. The Balaban J connectivity index is 0. The van der Waals surface area contributed by atoms with Crippen molar-refractivity contribution in [1.29, 1.82) is 5.41 Å². The molecule has 1 fully saturated rings. The van der Waals surface area contributed by atoms with E-state index < -0.39 is 6.29 Å². The van der Waals surface area contributed by atoms with E-state index in [2.05, 4.69) is 25.5 Å². The van der Waals surface area contributed by atoms with Crippen LogP contribution in [0.3, 0.4) is 0 Å². The summed E-state index contributed by atoms with van der Waals surface area (Å²) in [5, 5.41) is 29.5. The molecule has 0 radical (unpaired) electrons. The maximum atomic E-state index is 11.4. The van der Waals surface area contributed by atoms with E-state index in [0.717, 1.165) is 70.2 Å². The van der Waals surface area contributed by atoms with Crippen molar-refractivity contribution < 1.29 is 143 Å². The van der Waals surface area contributed by atoms with E-state index in [0.29, 0.717) is 18.4 Å². The number of carbonyl (C=O) groups is 4. The van der Waals surface area contributed by atoms with Crippen LogP contribution in [-0.2, 0) is 36.8 Å². The van der Waals surface area contributed by atoms with E-state index >= 15 is 0 Å². The van der Waals surface area contributed by atoms with Crippen molar-refractivity contribution in [3.63, 3.8) is 0 Å². The first-order valence-electron chi connectivity index (χ1n) is 16.6. The minimum absolute atomic E-state index is 0. The summed E-state index contributed by atoms with van der Waals surface area (Å²) in [4.78, 5) is 52.7. The molecule has 3 aliphatic rings. The molecular weight excluding hydrogens is 842 g/mol. The summed E-state index contributed by atoms with van der Waals surface area (Å²) < 4.78 is 4.71. The van der Waals surface area contributed by atoms with Gasteiger partial charge >= 0.3 is 103 Å². The molecule has 7 N–H and O–H groups in total. The number of nitrogens with zero attached hydrogens (tertiary/aromatic N) is 1. The van der Waals surface area contributed by atoms with Gasteiger partial charge in [-0.2, -0.15) is 0 Å². The molecule has 4 heterocycles. The number of hydrogen-bond acceptors (Lipinski definition) is 10. The van der Waals surface area contributed by atoms with Gasteiger partial charge in [0.1, 0.15) is 11.7 Å². The Morgan fingerprint density at radius 2 is 1.48 bits per heavy atom. The van der Waals surface area contributed by atoms with Crippen molar-refractivity contribution in [1.82, 2.24) is 9.97 Å². The van der Waals surface area contributed by atoms with Gasteiger partial charge in [-0.15, -0.1) is 24.0 Å². The number of aromatic amines is 1. The van der Waals surface area contributed by atoms with Crippen LogP contribution in [0.2, 0.25) is 0 Å². The molecule has 1 aromatic heterocycles. The molecule has 18 heteroatoms. The van der Waals surface area contributed by atoms with Gasteiger partial charge in [-0.1, -0.05) is 74.2 Å². The Bertz CT molecular complexity index is 2060. The number of hydrogen-bond donors (Lipinski definition) is 6. The third-order valence-electron chi connectivity index (χ3n) is 7.87. The molecule has 1 atom stereocenters. The average Bonchev–Trinajstić information content (AvgIpc) is 4.02. The van der Waals surface area contributed by atoms with Crippen LogP contribution in [0.4, 0.5) is 11.4 Å². The Morgan fingerprint density at radius 1 is 0.931 bits per heavy atom. The molecule has 1 saturated heterocycles. The second-order valence-electron chi connectivity index (χ2n) is 11.7. The van der Waals surface area contributed by atoms with Gasteiger partial charge in [0.05, 0.1) is 30.6 Å². The standard InChI is InChI=1S/C17H13N3O.C10H8ClNO2.C7H8N2.C4H8O2.CH2O3.CH4.ClH.2K.H/c21-16-9-13-8-12(6-7-14(13)19-16)15-10-18-17(20-15)11-4-2-1-3-5-11;11-5-9(13)6-1-2-8-7(3-6)4-10(14)12-8;8-7(9)6-4-2-1-3-5-6;5-4-2-1-3-6-4;2-1-4-3;;;;;/h1-8,10H,9H2,(H,18,20)(H,19,21);1-3H,4-5H2,(H,12,14);1-5H,(H3,8,9);4-5H,1-3H2;1,3H;1H4;1H;;;/q;;;;;;;2*+1;-1/p-1. The molecule has 14 nitrogen and oxygen atoms in total. The van der Waals surface area contributed by atoms with Gasteiger partial charge in [0, 0.05) is 41.1 Å². The van der Waals surface area contributed by atoms with Gasteiger partial charge in [0.25, 0.3) is 6.47 Å². The minimum atomic E-state index is -0.454. The number of aliphatic hydroxyl groups is 1. The number of halogens is 2. The zero-order valence-corrected chi connectivity index (χ0v) is 39.1. The summed E-state index contributed by atoms with van der Waals surface area (Å²) in [6.45, 7) is 0.557. The SMILES string of the molecule is C.Cl.N=C(N)c1ccccc1.O=C1Cc2cc(-c3cnc(-c4ccccc4)[nH]3)ccc2N1.O=C1Cc2cc(C(=O)CCl)ccc2N1.O=CO[O-].OC1CCCO1.[H-].[K+].[K+]. The molecule has 2 amide bonds. The van der Waals surface area contributed by atoms with Crippen molar-refractivity contribution >= 4 is 65.3 Å². The summed E-state index contributed by atoms with van der Waals surface area (Å²) in [5.74, 6) is 0.845. The summed E-state index contributed by atoms with van der Waals surface area (Å²) in [5.41, 5.74) is 13.2. The number of amides is 2. The van der Waals surface area contributed by atoms with Gasteiger partial charge in [0.15, 0.2) is 12.1 Å². The molecule has 0 aliphatic carbocycles. The molecule has 1 unspecified atom stereocenters. The van der Waals surface area contributed by atoms with Gasteiger partial charge < -0.3 is 42.8 Å². The molecule has 4 aromatic carbocycles. The maximum absolute atomic E-state index is 11.4. The number of carbonyl (C=O) groups excluding carboxylic acids is 4. The van der Waals surface area contributed by atoms with Crippen LogP contribution in [0.5, 0.6) is 0 Å². The Kier molecular flexibility index (Phi) is 28.2. The Hall–Kier alpha value is -2.63. The van der Waals surface area contributed by atoms with E-state index in [1.165, 1.54) is 0 Å². The van der Waals surface area contributed by atoms with E-state index in [4.69, 9.17) is 42.6 Å². The fraction of sp³-hybridized carbons (Fsp3) is 0.200. The smallest absolute Gasteiger partial charge is 1.00 e. The monoisotopic (exact) mass is 884 g/mol. The number of nitrogens with one attached hydrogen (secondary N) is 4. The predicted molar refractivity (Wildman–Crippen MR) is 217 cm³/mol. The van der Waals surface area contributed by atoms with Crippen molar-refractivity contribution in [2.75, 3.05) is 23.1 Å². The number of benzene rings is 4. The largest absolute Gasteiger partial charge is 1.00 e. The topological polar surface area (TPSA) is 233 Å². The number of fused-ring (bicyclic) bond motifs is 2. The first-order chi connectivity index (χ1) is 26.1. The first-order valence-corrected chi connectivity index (χ1v) is 17.1. The van der Waals surface area contributed by atoms with Crippen LogP contribution in [-0.4, -0.2) is 63.8 Å². The summed E-state index contributed by atoms with van der Waals surface area (Å²) in [6, 6.07) is 30.3. The summed E-state index contributed by atoms with van der Waals surface area (Å²) in [7, 11) is 0. The fourth-order valence-corrected chi connectivity index (χ4v) is 5.42. The third kappa shape index (κ3) is 17.9. The number of anilines is 2. The van der Waals surface area contributed by atoms with E-state index in [9.17, 15) is 14.4 Å². The summed E-state index contributed by atoms with van der Waals surface area (Å²) >= 11 is 5.43. The van der Waals surface area contributed by atoms with E-state index in [-0.39, 0.29) is 160 Å². The van der Waals surface area contributed by atoms with Crippen LogP contribution < -0.4 is 124 Å². The number of nitrogens with two attached hydrogens (primary N) is 1. The minimum Gasteiger partial charge on any atom is -1.00 e. The number of Topliss-reactive ketones (excluding diaryl/α,β-unsaturated/α-hetero) is 1. The molecule has 5 aromatic rings. The van der Waals surface area contributed by atoms with Crippen LogP contribution in [0.15, 0.2) is 103 Å². The predicted octanol–water partition coefficient (Wildman–Crippen LogP) is -0.460. The zero-order chi connectivity index (χ0) is 38.9. The molecule has 0 spiro atoms. The number of H-pyrrole nitrogens is 1. The molecule has 298 valence electrons. The zero-order valence-electron chi connectivity index (χ0n) is 32.3. The number of ketones is 1. The normalized spacial score (nSPS) is 13.3. The Morgan fingerprint density at radius 3 is 1.95 bits per heavy atom. The number of nitrogen functional groups attached to an aromatic ring is 1. The van der Waals surface area contributed by atoms with Crippen molar-refractivity contribution in [3.8, 4) is 22.6 Å². The number of ether oxygens (including phenoxy) is 1. The van der Waals surface area contributed by atoms with E-state index in [1.807, 2.05) is 85.1 Å². The van der Waals surface area contributed by atoms with Gasteiger partial charge in [-0.05, 0) is 53.4 Å². The van der Waals surface area contributed by atoms with Crippen LogP contribution in [0, 0.1) is 5.41 Å². The fourth-order valence-electron chi connectivity index (χ4n) is 5.27. The van der Waals surface area contributed by atoms with Gasteiger partial charge in [0.2, 0.25) is 11.8 Å². The maximum Gasteiger partial charge on any atom is 1.00 e. The van der Waals surface area contributed by atoms with Crippen molar-refractivity contribution in [2.45, 2.75) is 39.4 Å². The van der Waals surface area contributed by atoms with Gasteiger partial charge in [-0.25, -0.2) is 4.98 Å². The number of rotatable bonds is 6. The van der Waals surface area contributed by atoms with Crippen molar-refractivity contribution in [3.05, 3.63) is 126 Å². The van der Waals surface area contributed by atoms with Crippen LogP contribution in [0.25, 0.3) is 22.6 Å². The molecule has 58 heavy (non-hydrogen) atoms. The van der Waals surface area contributed by atoms with Crippen molar-refractivity contribution in [2.24, 2.45) is 5.73 Å². The number of aromatic nitrogens is 2. The molecule has 0 bridgehead atoms. The van der Waals surface area contributed by atoms with E-state index in [1.54, 1.807) is 18.2 Å².